The van der Waals surface area contributed by atoms with Crippen molar-refractivity contribution in [2.24, 2.45) is 0 Å². The van der Waals surface area contributed by atoms with E-state index >= 15 is 0 Å². The van der Waals surface area contributed by atoms with E-state index < -0.39 is 5.97 Å². The molecular weight excluding hydrogens is 361 g/mol. The van der Waals surface area contributed by atoms with Crippen LogP contribution in [0.15, 0.2) is 30.3 Å². The van der Waals surface area contributed by atoms with Crippen LogP contribution in [0.4, 0.5) is 4.39 Å². The third-order valence-electron chi connectivity index (χ3n) is 4.85. The molecule has 0 radical (unpaired) electrons. The van der Waals surface area contributed by atoms with Gasteiger partial charge in [0.15, 0.2) is 6.61 Å². The minimum absolute atomic E-state index is 0.155. The summed E-state index contributed by atoms with van der Waals surface area (Å²) in [6.07, 6.45) is 6.06. The van der Waals surface area contributed by atoms with E-state index in [4.69, 9.17) is 4.74 Å². The van der Waals surface area contributed by atoms with Gasteiger partial charge in [-0.05, 0) is 63.5 Å². The summed E-state index contributed by atoms with van der Waals surface area (Å²) in [7, 11) is 0. The van der Waals surface area contributed by atoms with Crippen LogP contribution in [0.25, 0.3) is 11.8 Å². The van der Waals surface area contributed by atoms with E-state index in [1.54, 1.807) is 27.8 Å². The number of halogens is 1. The first-order valence-electron chi connectivity index (χ1n) is 9.40. The Hall–Kier alpha value is -2.96. The van der Waals surface area contributed by atoms with Gasteiger partial charge in [0.25, 0.3) is 5.91 Å². The number of hydrogen-bond donors (Lipinski definition) is 0. The fourth-order valence-electron chi connectivity index (χ4n) is 3.30. The predicted molar refractivity (Wildman–Crippen MR) is 103 cm³/mol. The maximum Gasteiger partial charge on any atom is 0.331 e. The molecule has 0 saturated carbocycles. The monoisotopic (exact) mass is 385 g/mol. The second kappa shape index (κ2) is 8.82. The van der Waals surface area contributed by atoms with E-state index in [2.05, 4.69) is 5.10 Å². The number of aromatic nitrogens is 2. The van der Waals surface area contributed by atoms with Crippen LogP contribution in [0.3, 0.4) is 0 Å². The zero-order chi connectivity index (χ0) is 20.1. The molecule has 148 valence electrons. The zero-order valence-corrected chi connectivity index (χ0v) is 16.2. The number of aryl methyl sites for hydroxylation is 1. The zero-order valence-electron chi connectivity index (χ0n) is 16.2. The van der Waals surface area contributed by atoms with Crippen LogP contribution in [0.1, 0.15) is 36.2 Å². The van der Waals surface area contributed by atoms with Gasteiger partial charge in [-0.2, -0.15) is 5.10 Å². The Morgan fingerprint density at radius 2 is 1.82 bits per heavy atom. The Balaban J connectivity index is 1.62. The van der Waals surface area contributed by atoms with Gasteiger partial charge in [-0.3, -0.25) is 4.79 Å². The molecule has 7 heteroatoms. The van der Waals surface area contributed by atoms with E-state index in [0.29, 0.717) is 0 Å². The smallest absolute Gasteiger partial charge is 0.331 e. The molecule has 0 aliphatic carbocycles. The lowest BCUT2D eigenvalue weighted by atomic mass is 10.1. The number of ether oxygens (including phenoxy) is 1. The third kappa shape index (κ3) is 4.65. The van der Waals surface area contributed by atoms with Crippen molar-refractivity contribution in [3.8, 4) is 5.69 Å². The normalized spacial score (nSPS) is 14.5. The Morgan fingerprint density at radius 1 is 1.14 bits per heavy atom. The number of carbonyl (C=O) groups is 2. The highest BCUT2D eigenvalue weighted by atomic mass is 19.1. The van der Waals surface area contributed by atoms with Crippen molar-refractivity contribution in [2.75, 3.05) is 19.7 Å². The number of hydrogen-bond acceptors (Lipinski definition) is 4. The molecule has 0 spiro atoms. The fraction of sp³-hybridized carbons (Fsp3) is 0.381. The average molecular weight is 385 g/mol. The molecule has 2 heterocycles. The molecule has 1 aliphatic rings. The molecule has 1 aliphatic heterocycles. The number of rotatable bonds is 5. The van der Waals surface area contributed by atoms with Crippen LogP contribution < -0.4 is 0 Å². The van der Waals surface area contributed by atoms with Crippen molar-refractivity contribution in [3.05, 3.63) is 53.1 Å². The first-order valence-corrected chi connectivity index (χ1v) is 9.40. The van der Waals surface area contributed by atoms with Crippen LogP contribution in [-0.4, -0.2) is 46.3 Å². The molecule has 0 N–H and O–H groups in total. The number of carbonyl (C=O) groups excluding carboxylic acids is 2. The minimum Gasteiger partial charge on any atom is -0.452 e. The van der Waals surface area contributed by atoms with Gasteiger partial charge < -0.3 is 9.64 Å². The maximum absolute atomic E-state index is 13.1. The van der Waals surface area contributed by atoms with Crippen LogP contribution in [0.2, 0.25) is 0 Å². The van der Waals surface area contributed by atoms with Gasteiger partial charge in [-0.15, -0.1) is 0 Å². The summed E-state index contributed by atoms with van der Waals surface area (Å²) < 4.78 is 19.9. The summed E-state index contributed by atoms with van der Waals surface area (Å²) in [5.41, 5.74) is 3.06. The number of likely N-dealkylation sites (tertiary alicyclic amines) is 1. The van der Waals surface area contributed by atoms with Crippen LogP contribution in [-0.2, 0) is 14.3 Å². The lowest BCUT2D eigenvalue weighted by Gasteiger charge is -2.26. The molecule has 0 bridgehead atoms. The average Bonchev–Trinajstić information content (AvgIpc) is 2.99. The van der Waals surface area contributed by atoms with Gasteiger partial charge in [-0.1, -0.05) is 0 Å². The van der Waals surface area contributed by atoms with E-state index in [0.717, 1.165) is 55.0 Å². The van der Waals surface area contributed by atoms with Gasteiger partial charge in [0.1, 0.15) is 5.82 Å². The third-order valence-corrected chi connectivity index (χ3v) is 4.85. The predicted octanol–water partition coefficient (Wildman–Crippen LogP) is 3.20. The van der Waals surface area contributed by atoms with Gasteiger partial charge in [0.05, 0.1) is 11.4 Å². The molecule has 6 nitrogen and oxygen atoms in total. The van der Waals surface area contributed by atoms with Crippen LogP contribution in [0.5, 0.6) is 0 Å². The van der Waals surface area contributed by atoms with E-state index in [-0.39, 0.29) is 18.3 Å². The summed E-state index contributed by atoms with van der Waals surface area (Å²) in [5.74, 6) is -1.04. The molecule has 1 aromatic carbocycles. The first kappa shape index (κ1) is 19.8. The quantitative estimate of drug-likeness (QED) is 0.586. The number of piperidine rings is 1. The SMILES string of the molecule is Cc1nn(-c2ccc(F)cc2)c(C)c1/C=C/C(=O)OCC(=O)N1CCCCC1. The van der Waals surface area contributed by atoms with Gasteiger partial charge in [0, 0.05) is 30.4 Å². The topological polar surface area (TPSA) is 64.4 Å². The Labute approximate surface area is 163 Å². The number of benzene rings is 1. The first-order chi connectivity index (χ1) is 13.5. The lowest BCUT2D eigenvalue weighted by Crippen LogP contribution is -2.38. The van der Waals surface area contributed by atoms with Crippen molar-refractivity contribution in [1.29, 1.82) is 0 Å². The summed E-state index contributed by atoms with van der Waals surface area (Å²) in [4.78, 5) is 25.8. The van der Waals surface area contributed by atoms with Crippen molar-refractivity contribution in [3.63, 3.8) is 0 Å². The molecule has 0 unspecified atom stereocenters. The molecule has 1 aromatic heterocycles. The maximum atomic E-state index is 13.1. The molecule has 1 amide bonds. The van der Waals surface area contributed by atoms with Crippen molar-refractivity contribution in [2.45, 2.75) is 33.1 Å². The number of nitrogens with zero attached hydrogens (tertiary/aromatic N) is 3. The van der Waals surface area contributed by atoms with E-state index in [1.165, 1.54) is 18.2 Å². The van der Waals surface area contributed by atoms with Crippen molar-refractivity contribution < 1.29 is 18.7 Å². The fourth-order valence-corrected chi connectivity index (χ4v) is 3.30. The summed E-state index contributed by atoms with van der Waals surface area (Å²) in [6.45, 7) is 4.92. The second-order valence-corrected chi connectivity index (χ2v) is 6.86. The van der Waals surface area contributed by atoms with Crippen LogP contribution in [0, 0.1) is 19.7 Å². The number of amides is 1. The number of esters is 1. The molecule has 28 heavy (non-hydrogen) atoms. The molecule has 1 saturated heterocycles. The summed E-state index contributed by atoms with van der Waals surface area (Å²) in [5, 5.41) is 4.45. The molecule has 2 aromatic rings. The lowest BCUT2D eigenvalue weighted by molar-refractivity contribution is -0.148. The minimum atomic E-state index is -0.571. The van der Waals surface area contributed by atoms with Crippen LogP contribution >= 0.6 is 0 Å². The Bertz CT molecular complexity index is 881. The van der Waals surface area contributed by atoms with E-state index in [9.17, 15) is 14.0 Å². The van der Waals surface area contributed by atoms with Crippen molar-refractivity contribution >= 4 is 18.0 Å². The Morgan fingerprint density at radius 3 is 2.50 bits per heavy atom. The Kier molecular flexibility index (Phi) is 6.23. The van der Waals surface area contributed by atoms with Crippen molar-refractivity contribution in [1.82, 2.24) is 14.7 Å². The summed E-state index contributed by atoms with van der Waals surface area (Å²) in [6, 6.07) is 6.03. The standard InChI is InChI=1S/C21H24FN3O3/c1-15-19(16(2)25(23-15)18-8-6-17(22)7-9-18)10-11-21(27)28-14-20(26)24-12-4-3-5-13-24/h6-11H,3-5,12-14H2,1-2H3/b11-10+. The molecular formula is C21H24FN3O3. The highest BCUT2D eigenvalue weighted by Crippen LogP contribution is 2.19. The second-order valence-electron chi connectivity index (χ2n) is 6.86. The highest BCUT2D eigenvalue weighted by molar-refractivity contribution is 5.89. The molecule has 0 atom stereocenters. The van der Waals surface area contributed by atoms with E-state index in [1.807, 2.05) is 13.8 Å². The van der Waals surface area contributed by atoms with Gasteiger partial charge in [0.2, 0.25) is 0 Å². The largest absolute Gasteiger partial charge is 0.452 e. The molecule has 1 fully saturated rings. The van der Waals surface area contributed by atoms with Gasteiger partial charge >= 0.3 is 5.97 Å². The highest BCUT2D eigenvalue weighted by Gasteiger charge is 2.17. The summed E-state index contributed by atoms with van der Waals surface area (Å²) >= 11 is 0. The van der Waals surface area contributed by atoms with Gasteiger partial charge in [-0.25, -0.2) is 13.9 Å². The molecule has 3 rings (SSSR count).